The van der Waals surface area contributed by atoms with Crippen LogP contribution >= 0.6 is 23.4 Å². The first-order valence-electron chi connectivity index (χ1n) is 10.1. The third-order valence-electron chi connectivity index (χ3n) is 5.38. The molecule has 158 valence electrons. The Morgan fingerprint density at radius 2 is 1.97 bits per heavy atom. The summed E-state index contributed by atoms with van der Waals surface area (Å²) < 4.78 is 1.95. The van der Waals surface area contributed by atoms with E-state index >= 15 is 0 Å². The van der Waals surface area contributed by atoms with Gasteiger partial charge in [0.1, 0.15) is 5.54 Å². The molecule has 0 spiro atoms. The fourth-order valence-corrected chi connectivity index (χ4v) is 4.70. The van der Waals surface area contributed by atoms with Crippen LogP contribution in [0.3, 0.4) is 0 Å². The first-order chi connectivity index (χ1) is 15.0. The Bertz CT molecular complexity index is 1130. The SMILES string of the molecule is Cc1cccc(-n2c(SCC(=O)NC3(C#N)CCCC3)nnc2-c2ccc(Cl)cc2)c1. The van der Waals surface area contributed by atoms with Crippen LogP contribution in [-0.2, 0) is 4.79 Å². The number of benzene rings is 2. The standard InChI is InChI=1S/C23H22ClN5OS/c1-16-5-4-6-19(13-16)29-21(17-7-9-18(24)10-8-17)27-28-22(29)31-14-20(30)26-23(15-25)11-2-3-12-23/h4-10,13H,2-3,11-12,14H2,1H3,(H,26,30). The molecule has 0 bridgehead atoms. The lowest BCUT2D eigenvalue weighted by molar-refractivity contribution is -0.119. The molecule has 1 saturated carbocycles. The minimum Gasteiger partial charge on any atom is -0.337 e. The first kappa shape index (κ1) is 21.4. The highest BCUT2D eigenvalue weighted by molar-refractivity contribution is 7.99. The van der Waals surface area contributed by atoms with Crippen LogP contribution in [0, 0.1) is 18.3 Å². The number of rotatable bonds is 6. The van der Waals surface area contributed by atoms with Gasteiger partial charge in [-0.05, 0) is 74.6 Å². The van der Waals surface area contributed by atoms with Gasteiger partial charge in [0.05, 0.1) is 11.8 Å². The Balaban J connectivity index is 1.61. The van der Waals surface area contributed by atoms with Crippen molar-refractivity contribution in [2.75, 3.05) is 5.75 Å². The zero-order chi connectivity index (χ0) is 21.8. The number of hydrogen-bond donors (Lipinski definition) is 1. The van der Waals surface area contributed by atoms with Crippen LogP contribution in [0.2, 0.25) is 5.02 Å². The molecule has 1 amide bonds. The quantitative estimate of drug-likeness (QED) is 0.536. The number of nitriles is 1. The van der Waals surface area contributed by atoms with Gasteiger partial charge in [0.15, 0.2) is 11.0 Å². The number of aryl methyl sites for hydroxylation is 1. The summed E-state index contributed by atoms with van der Waals surface area (Å²) in [6.45, 7) is 2.03. The minimum atomic E-state index is -0.726. The van der Waals surface area contributed by atoms with E-state index in [0.29, 0.717) is 28.8 Å². The molecule has 1 heterocycles. The Morgan fingerprint density at radius 1 is 1.23 bits per heavy atom. The van der Waals surface area contributed by atoms with Gasteiger partial charge in [-0.3, -0.25) is 9.36 Å². The Kier molecular flexibility index (Phi) is 6.30. The molecule has 0 aliphatic heterocycles. The van der Waals surface area contributed by atoms with Crippen LogP contribution in [0.1, 0.15) is 31.2 Å². The van der Waals surface area contributed by atoms with Crippen molar-refractivity contribution in [3.63, 3.8) is 0 Å². The third-order valence-corrected chi connectivity index (χ3v) is 6.56. The average Bonchev–Trinajstić information content (AvgIpc) is 3.40. The molecule has 4 rings (SSSR count). The van der Waals surface area contributed by atoms with E-state index in [-0.39, 0.29) is 11.7 Å². The second-order valence-corrected chi connectivity index (χ2v) is 9.10. The highest BCUT2D eigenvalue weighted by Crippen LogP contribution is 2.31. The molecule has 0 unspecified atom stereocenters. The molecule has 8 heteroatoms. The van der Waals surface area contributed by atoms with E-state index in [9.17, 15) is 10.1 Å². The average molecular weight is 452 g/mol. The van der Waals surface area contributed by atoms with E-state index in [0.717, 1.165) is 29.7 Å². The fraction of sp³-hybridized carbons (Fsp3) is 0.304. The summed E-state index contributed by atoms with van der Waals surface area (Å²) in [5, 5.41) is 22.5. The number of nitrogens with one attached hydrogen (secondary N) is 1. The predicted molar refractivity (Wildman–Crippen MR) is 122 cm³/mol. The highest BCUT2D eigenvalue weighted by Gasteiger charge is 2.35. The van der Waals surface area contributed by atoms with Crippen molar-refractivity contribution < 1.29 is 4.79 Å². The number of amides is 1. The van der Waals surface area contributed by atoms with Crippen LogP contribution in [0.4, 0.5) is 0 Å². The van der Waals surface area contributed by atoms with Gasteiger partial charge in [-0.2, -0.15) is 5.26 Å². The minimum absolute atomic E-state index is 0.161. The van der Waals surface area contributed by atoms with Crippen LogP contribution in [-0.4, -0.2) is 32.0 Å². The molecule has 0 saturated heterocycles. The smallest absolute Gasteiger partial charge is 0.231 e. The van der Waals surface area contributed by atoms with Gasteiger partial charge in [-0.25, -0.2) is 0 Å². The van der Waals surface area contributed by atoms with Gasteiger partial charge in [0.2, 0.25) is 5.91 Å². The summed E-state index contributed by atoms with van der Waals surface area (Å²) in [5.41, 5.74) is 2.18. The normalized spacial score (nSPS) is 14.9. The van der Waals surface area contributed by atoms with Crippen molar-refractivity contribution in [1.29, 1.82) is 5.26 Å². The monoisotopic (exact) mass is 451 g/mol. The lowest BCUT2D eigenvalue weighted by atomic mass is 10.0. The van der Waals surface area contributed by atoms with E-state index in [2.05, 4.69) is 27.6 Å². The number of thioether (sulfide) groups is 1. The van der Waals surface area contributed by atoms with Crippen molar-refractivity contribution in [3.8, 4) is 23.1 Å². The molecule has 31 heavy (non-hydrogen) atoms. The van der Waals surface area contributed by atoms with Crippen molar-refractivity contribution >= 4 is 29.3 Å². The summed E-state index contributed by atoms with van der Waals surface area (Å²) in [6, 6.07) is 17.8. The first-order valence-corrected chi connectivity index (χ1v) is 11.5. The lowest BCUT2D eigenvalue weighted by Crippen LogP contribution is -2.45. The molecule has 2 aromatic carbocycles. The number of nitrogens with zero attached hydrogens (tertiary/aromatic N) is 4. The summed E-state index contributed by atoms with van der Waals surface area (Å²) in [4.78, 5) is 12.6. The van der Waals surface area contributed by atoms with E-state index < -0.39 is 5.54 Å². The molecule has 1 aliphatic carbocycles. The molecule has 6 nitrogen and oxygen atoms in total. The van der Waals surface area contributed by atoms with Gasteiger partial charge >= 0.3 is 0 Å². The number of carbonyl (C=O) groups is 1. The van der Waals surface area contributed by atoms with E-state index in [1.807, 2.05) is 54.0 Å². The maximum absolute atomic E-state index is 12.6. The molecular formula is C23H22ClN5OS. The summed E-state index contributed by atoms with van der Waals surface area (Å²) >= 11 is 7.35. The second-order valence-electron chi connectivity index (χ2n) is 7.73. The van der Waals surface area contributed by atoms with Crippen molar-refractivity contribution in [2.24, 2.45) is 0 Å². The van der Waals surface area contributed by atoms with E-state index in [4.69, 9.17) is 11.6 Å². The van der Waals surface area contributed by atoms with Gasteiger partial charge in [0, 0.05) is 16.3 Å². The maximum Gasteiger partial charge on any atom is 0.231 e. The maximum atomic E-state index is 12.6. The molecule has 3 aromatic rings. The zero-order valence-electron chi connectivity index (χ0n) is 17.1. The number of hydrogen-bond acceptors (Lipinski definition) is 5. The van der Waals surface area contributed by atoms with Crippen molar-refractivity contribution in [2.45, 2.75) is 43.3 Å². The second kappa shape index (κ2) is 9.13. The van der Waals surface area contributed by atoms with Crippen molar-refractivity contribution in [1.82, 2.24) is 20.1 Å². The largest absolute Gasteiger partial charge is 0.337 e. The topological polar surface area (TPSA) is 83.6 Å². The van der Waals surface area contributed by atoms with E-state index in [1.165, 1.54) is 11.8 Å². The zero-order valence-corrected chi connectivity index (χ0v) is 18.7. The Hall–Kier alpha value is -2.82. The van der Waals surface area contributed by atoms with Gasteiger partial charge in [-0.15, -0.1) is 10.2 Å². The molecule has 0 atom stereocenters. The lowest BCUT2D eigenvalue weighted by Gasteiger charge is -2.21. The number of aromatic nitrogens is 3. The third kappa shape index (κ3) is 4.76. The Morgan fingerprint density at radius 3 is 2.65 bits per heavy atom. The summed E-state index contributed by atoms with van der Waals surface area (Å²) in [7, 11) is 0. The van der Waals surface area contributed by atoms with Gasteiger partial charge in [0.25, 0.3) is 0 Å². The molecular weight excluding hydrogens is 430 g/mol. The molecule has 1 N–H and O–H groups in total. The van der Waals surface area contributed by atoms with Crippen molar-refractivity contribution in [3.05, 3.63) is 59.1 Å². The molecule has 1 fully saturated rings. The van der Waals surface area contributed by atoms with Gasteiger partial charge < -0.3 is 5.32 Å². The summed E-state index contributed by atoms with van der Waals surface area (Å²) in [5.74, 6) is 0.670. The van der Waals surface area contributed by atoms with E-state index in [1.54, 1.807) is 0 Å². The predicted octanol–water partition coefficient (Wildman–Crippen LogP) is 4.94. The highest BCUT2D eigenvalue weighted by atomic mass is 35.5. The van der Waals surface area contributed by atoms with Crippen LogP contribution in [0.25, 0.3) is 17.1 Å². The Labute approximate surface area is 190 Å². The van der Waals surface area contributed by atoms with Crippen LogP contribution in [0.15, 0.2) is 53.7 Å². The number of halogens is 1. The van der Waals surface area contributed by atoms with Gasteiger partial charge in [-0.1, -0.05) is 35.5 Å². The summed E-state index contributed by atoms with van der Waals surface area (Å²) in [6.07, 6.45) is 3.35. The molecule has 0 radical (unpaired) electrons. The molecule has 1 aromatic heterocycles. The van der Waals surface area contributed by atoms with Crippen LogP contribution < -0.4 is 5.32 Å². The fourth-order valence-electron chi connectivity index (χ4n) is 3.83. The molecule has 1 aliphatic rings. The number of carbonyl (C=O) groups excluding carboxylic acids is 1. The van der Waals surface area contributed by atoms with Crippen LogP contribution in [0.5, 0.6) is 0 Å².